The Balaban J connectivity index is 2.54. The smallest absolute Gasteiger partial charge is 0.108 e. The summed E-state index contributed by atoms with van der Waals surface area (Å²) < 4.78 is 2.11. The van der Waals surface area contributed by atoms with E-state index in [-0.39, 0.29) is 0 Å². The molecule has 1 aromatic heterocycles. The molecular weight excluding hydrogens is 182 g/mol. The highest BCUT2D eigenvalue weighted by Gasteiger charge is 2.00. The number of nitrogens with two attached hydrogens (primary N) is 1. The highest BCUT2D eigenvalue weighted by molar-refractivity contribution is 7.80. The third-order valence-electron chi connectivity index (χ3n) is 1.87. The van der Waals surface area contributed by atoms with Crippen molar-refractivity contribution in [1.82, 2.24) is 9.55 Å². The van der Waals surface area contributed by atoms with Gasteiger partial charge in [-0.15, -0.1) is 0 Å². The van der Waals surface area contributed by atoms with Gasteiger partial charge in [0.1, 0.15) is 5.82 Å². The molecule has 0 unspecified atom stereocenters. The lowest BCUT2D eigenvalue weighted by Crippen LogP contribution is -2.12. The number of imidazole rings is 1. The third kappa shape index (κ3) is 3.14. The van der Waals surface area contributed by atoms with E-state index in [0.717, 1.165) is 31.6 Å². The highest BCUT2D eigenvalue weighted by atomic mass is 32.1. The Morgan fingerprint density at radius 2 is 2.46 bits per heavy atom. The predicted octanol–water partition coefficient (Wildman–Crippen LogP) is 1.51. The van der Waals surface area contributed by atoms with E-state index in [1.807, 2.05) is 12.4 Å². The number of hydrogen-bond acceptors (Lipinski definition) is 2. The molecule has 0 bridgehead atoms. The molecule has 2 N–H and O–H groups in total. The largest absolute Gasteiger partial charge is 0.393 e. The summed E-state index contributed by atoms with van der Waals surface area (Å²) in [6, 6.07) is 0. The molecule has 0 aliphatic carbocycles. The summed E-state index contributed by atoms with van der Waals surface area (Å²) in [5.74, 6) is 1.12. The molecule has 0 aliphatic rings. The second kappa shape index (κ2) is 4.97. The molecule has 13 heavy (non-hydrogen) atoms. The maximum Gasteiger partial charge on any atom is 0.108 e. The summed E-state index contributed by atoms with van der Waals surface area (Å²) in [7, 11) is 0. The summed E-state index contributed by atoms with van der Waals surface area (Å²) in [5.41, 5.74) is 5.43. The molecule has 0 saturated carbocycles. The van der Waals surface area contributed by atoms with Crippen LogP contribution in [0.3, 0.4) is 0 Å². The first-order chi connectivity index (χ1) is 6.24. The van der Waals surface area contributed by atoms with E-state index in [1.54, 1.807) is 0 Å². The van der Waals surface area contributed by atoms with E-state index < -0.39 is 0 Å². The standard InChI is InChI=1S/C9H15N3S/c1-2-3-9-11-5-7-12(9)6-4-8(10)13/h5,7H,2-4,6H2,1H3,(H2,10,13). The second-order valence-corrected chi connectivity index (χ2v) is 3.53. The van der Waals surface area contributed by atoms with Crippen LogP contribution in [0.4, 0.5) is 0 Å². The molecular formula is C9H15N3S. The molecule has 0 aliphatic heterocycles. The van der Waals surface area contributed by atoms with Gasteiger partial charge in [-0.2, -0.15) is 0 Å². The highest BCUT2D eigenvalue weighted by Crippen LogP contribution is 2.02. The van der Waals surface area contributed by atoms with E-state index in [0.29, 0.717) is 4.99 Å². The van der Waals surface area contributed by atoms with Gasteiger partial charge in [0.15, 0.2) is 0 Å². The van der Waals surface area contributed by atoms with Crippen LogP contribution in [0.1, 0.15) is 25.6 Å². The van der Waals surface area contributed by atoms with Crippen molar-refractivity contribution in [1.29, 1.82) is 0 Å². The zero-order valence-corrected chi connectivity index (χ0v) is 8.68. The fourth-order valence-corrected chi connectivity index (χ4v) is 1.32. The van der Waals surface area contributed by atoms with E-state index in [4.69, 9.17) is 18.0 Å². The molecule has 3 nitrogen and oxygen atoms in total. The monoisotopic (exact) mass is 197 g/mol. The van der Waals surface area contributed by atoms with Crippen LogP contribution in [-0.2, 0) is 13.0 Å². The van der Waals surface area contributed by atoms with Crippen molar-refractivity contribution in [2.75, 3.05) is 0 Å². The SMILES string of the molecule is CCCc1nccn1CCC(N)=S. The molecule has 0 amide bonds. The lowest BCUT2D eigenvalue weighted by atomic mass is 10.3. The Labute approximate surface area is 84.0 Å². The summed E-state index contributed by atoms with van der Waals surface area (Å²) in [5, 5.41) is 0. The zero-order chi connectivity index (χ0) is 9.68. The number of aromatic nitrogens is 2. The average molecular weight is 197 g/mol. The number of rotatable bonds is 5. The van der Waals surface area contributed by atoms with Gasteiger partial charge in [-0.25, -0.2) is 4.98 Å². The van der Waals surface area contributed by atoms with Gasteiger partial charge in [-0.3, -0.25) is 0 Å². The van der Waals surface area contributed by atoms with Gasteiger partial charge >= 0.3 is 0 Å². The van der Waals surface area contributed by atoms with Gasteiger partial charge in [0, 0.05) is 31.8 Å². The maximum absolute atomic E-state index is 5.43. The molecule has 1 rings (SSSR count). The lowest BCUT2D eigenvalue weighted by molar-refractivity contribution is 0.662. The minimum absolute atomic E-state index is 0.566. The first-order valence-electron chi connectivity index (χ1n) is 4.52. The molecule has 4 heteroatoms. The molecule has 0 saturated heterocycles. The first kappa shape index (κ1) is 10.2. The number of hydrogen-bond donors (Lipinski definition) is 1. The van der Waals surface area contributed by atoms with Crippen molar-refractivity contribution in [2.45, 2.75) is 32.7 Å². The van der Waals surface area contributed by atoms with Crippen molar-refractivity contribution in [2.24, 2.45) is 5.73 Å². The van der Waals surface area contributed by atoms with Crippen LogP contribution < -0.4 is 5.73 Å². The van der Waals surface area contributed by atoms with Gasteiger partial charge < -0.3 is 10.3 Å². The van der Waals surface area contributed by atoms with Crippen LogP contribution in [0.15, 0.2) is 12.4 Å². The Hall–Kier alpha value is -0.900. The topological polar surface area (TPSA) is 43.8 Å². The van der Waals surface area contributed by atoms with Gasteiger partial charge in [0.2, 0.25) is 0 Å². The molecule has 0 fully saturated rings. The van der Waals surface area contributed by atoms with E-state index in [9.17, 15) is 0 Å². The van der Waals surface area contributed by atoms with Gasteiger partial charge in [0.25, 0.3) is 0 Å². The molecule has 1 heterocycles. The lowest BCUT2D eigenvalue weighted by Gasteiger charge is -2.05. The molecule has 0 aromatic carbocycles. The number of aryl methyl sites for hydroxylation is 2. The zero-order valence-electron chi connectivity index (χ0n) is 7.86. The van der Waals surface area contributed by atoms with Gasteiger partial charge in [-0.1, -0.05) is 19.1 Å². The Morgan fingerprint density at radius 1 is 1.69 bits per heavy atom. The molecule has 0 radical (unpaired) electrons. The van der Waals surface area contributed by atoms with Crippen molar-refractivity contribution in [3.63, 3.8) is 0 Å². The van der Waals surface area contributed by atoms with Crippen molar-refractivity contribution in [3.05, 3.63) is 18.2 Å². The van der Waals surface area contributed by atoms with Gasteiger partial charge in [0.05, 0.1) is 4.99 Å². The Kier molecular flexibility index (Phi) is 3.89. The Morgan fingerprint density at radius 3 is 3.08 bits per heavy atom. The summed E-state index contributed by atoms with van der Waals surface area (Å²) in [6.45, 7) is 3.00. The summed E-state index contributed by atoms with van der Waals surface area (Å²) in [6.07, 6.45) is 6.69. The minimum Gasteiger partial charge on any atom is -0.393 e. The van der Waals surface area contributed by atoms with Crippen LogP contribution in [0.2, 0.25) is 0 Å². The number of nitrogens with zero attached hydrogens (tertiary/aromatic N) is 2. The predicted molar refractivity (Wildman–Crippen MR) is 57.6 cm³/mol. The normalized spacial score (nSPS) is 10.2. The molecule has 0 spiro atoms. The van der Waals surface area contributed by atoms with Gasteiger partial charge in [-0.05, 0) is 6.42 Å². The quantitative estimate of drug-likeness (QED) is 0.728. The Bertz CT molecular complexity index is 280. The van der Waals surface area contributed by atoms with Crippen molar-refractivity contribution in [3.8, 4) is 0 Å². The van der Waals surface area contributed by atoms with Crippen LogP contribution in [0.25, 0.3) is 0 Å². The summed E-state index contributed by atoms with van der Waals surface area (Å²) in [4.78, 5) is 4.83. The van der Waals surface area contributed by atoms with Crippen molar-refractivity contribution >= 4 is 17.2 Å². The average Bonchev–Trinajstić information content (AvgIpc) is 2.49. The first-order valence-corrected chi connectivity index (χ1v) is 4.93. The van der Waals surface area contributed by atoms with E-state index in [1.165, 1.54) is 0 Å². The number of thiocarbonyl (C=S) groups is 1. The molecule has 1 aromatic rings. The molecule has 72 valence electrons. The summed E-state index contributed by atoms with van der Waals surface area (Å²) >= 11 is 4.82. The van der Waals surface area contributed by atoms with Crippen LogP contribution in [0.5, 0.6) is 0 Å². The van der Waals surface area contributed by atoms with E-state index in [2.05, 4.69) is 16.5 Å². The maximum atomic E-state index is 5.43. The van der Waals surface area contributed by atoms with E-state index >= 15 is 0 Å². The fourth-order valence-electron chi connectivity index (χ4n) is 1.23. The minimum atomic E-state index is 0.566. The fraction of sp³-hybridized carbons (Fsp3) is 0.556. The van der Waals surface area contributed by atoms with Crippen LogP contribution in [-0.4, -0.2) is 14.5 Å². The third-order valence-corrected chi connectivity index (χ3v) is 2.08. The molecule has 0 atom stereocenters. The second-order valence-electron chi connectivity index (χ2n) is 3.00. The van der Waals surface area contributed by atoms with Crippen molar-refractivity contribution < 1.29 is 0 Å². The van der Waals surface area contributed by atoms with Crippen LogP contribution >= 0.6 is 12.2 Å². The van der Waals surface area contributed by atoms with Crippen LogP contribution in [0, 0.1) is 0 Å².